The van der Waals surface area contributed by atoms with Gasteiger partial charge in [0.15, 0.2) is 0 Å². The second-order valence-electron chi connectivity index (χ2n) is 4.59. The molecule has 1 heterocycles. The van der Waals surface area contributed by atoms with Gasteiger partial charge >= 0.3 is 0 Å². The third-order valence-electron chi connectivity index (χ3n) is 3.07. The molecule has 16 heavy (non-hydrogen) atoms. The monoisotopic (exact) mass is 239 g/mol. The number of rotatable bonds is 8. The summed E-state index contributed by atoms with van der Waals surface area (Å²) in [4.78, 5) is 1.48. The molecule has 1 unspecified atom stereocenters. The summed E-state index contributed by atoms with van der Waals surface area (Å²) in [7, 11) is 0. The molecule has 1 aliphatic rings. The lowest BCUT2D eigenvalue weighted by Crippen LogP contribution is -2.04. The van der Waals surface area contributed by atoms with Crippen molar-refractivity contribution in [2.24, 2.45) is 5.92 Å². The molecule has 2 heteroatoms. The zero-order chi connectivity index (χ0) is 11.6. The van der Waals surface area contributed by atoms with E-state index in [9.17, 15) is 0 Å². The Labute approximate surface area is 105 Å². The predicted molar refractivity (Wildman–Crippen MR) is 75.1 cm³/mol. The molecule has 0 saturated heterocycles. The van der Waals surface area contributed by atoms with Crippen LogP contribution in [0.15, 0.2) is 22.7 Å². The molecule has 0 spiro atoms. The average molecular weight is 239 g/mol. The molecule has 1 N–H and O–H groups in total. The molecule has 0 aliphatic carbocycles. The molecule has 0 fully saturated rings. The van der Waals surface area contributed by atoms with E-state index in [0.717, 1.165) is 0 Å². The van der Waals surface area contributed by atoms with Crippen LogP contribution in [0.1, 0.15) is 58.8 Å². The third kappa shape index (κ3) is 5.64. The molecule has 1 atom stereocenters. The first kappa shape index (κ1) is 13.7. The summed E-state index contributed by atoms with van der Waals surface area (Å²) in [5.41, 5.74) is 0. The SMILES string of the molecule is CCCCCCCCC(C)C1=CNC=CS1. The van der Waals surface area contributed by atoms with Crippen molar-refractivity contribution in [1.82, 2.24) is 5.32 Å². The van der Waals surface area contributed by atoms with E-state index in [0.29, 0.717) is 5.92 Å². The maximum atomic E-state index is 3.17. The summed E-state index contributed by atoms with van der Waals surface area (Å²) in [6.45, 7) is 4.61. The molecule has 0 bridgehead atoms. The molecule has 1 rings (SSSR count). The largest absolute Gasteiger partial charge is 0.366 e. The van der Waals surface area contributed by atoms with E-state index >= 15 is 0 Å². The van der Waals surface area contributed by atoms with Gasteiger partial charge in [0.05, 0.1) is 0 Å². The van der Waals surface area contributed by atoms with E-state index in [4.69, 9.17) is 0 Å². The van der Waals surface area contributed by atoms with E-state index in [-0.39, 0.29) is 0 Å². The van der Waals surface area contributed by atoms with Gasteiger partial charge in [-0.3, -0.25) is 0 Å². The summed E-state index contributed by atoms with van der Waals surface area (Å²) >= 11 is 1.86. The van der Waals surface area contributed by atoms with Crippen LogP contribution >= 0.6 is 11.8 Å². The molecule has 0 radical (unpaired) electrons. The van der Waals surface area contributed by atoms with E-state index in [1.807, 2.05) is 18.0 Å². The molecule has 0 saturated carbocycles. The van der Waals surface area contributed by atoms with Crippen molar-refractivity contribution in [2.75, 3.05) is 0 Å². The highest BCUT2D eigenvalue weighted by Crippen LogP contribution is 2.30. The standard InChI is InChI=1S/C14H25NS/c1-3-4-5-6-7-8-9-13(2)14-12-15-10-11-16-14/h10-13,15H,3-9H2,1-2H3. The summed E-state index contributed by atoms with van der Waals surface area (Å²) in [6, 6.07) is 0. The Kier molecular flexibility index (Phi) is 7.48. The lowest BCUT2D eigenvalue weighted by molar-refractivity contribution is 0.538. The van der Waals surface area contributed by atoms with Crippen LogP contribution in [0.5, 0.6) is 0 Å². The number of allylic oxidation sites excluding steroid dienone is 1. The Hall–Kier alpha value is -0.370. The number of hydrogen-bond donors (Lipinski definition) is 1. The van der Waals surface area contributed by atoms with Crippen LogP contribution < -0.4 is 5.32 Å². The van der Waals surface area contributed by atoms with Crippen molar-refractivity contribution in [3.63, 3.8) is 0 Å². The maximum Gasteiger partial charge on any atom is 0.0107 e. The fourth-order valence-electron chi connectivity index (χ4n) is 1.95. The first-order valence-corrected chi connectivity index (χ1v) is 7.50. The van der Waals surface area contributed by atoms with E-state index in [1.54, 1.807) is 0 Å². The van der Waals surface area contributed by atoms with Crippen LogP contribution in [0.25, 0.3) is 0 Å². The fourth-order valence-corrected chi connectivity index (χ4v) is 2.74. The summed E-state index contributed by atoms with van der Waals surface area (Å²) in [5, 5.41) is 5.30. The van der Waals surface area contributed by atoms with Gasteiger partial charge in [0.25, 0.3) is 0 Å². The zero-order valence-electron chi connectivity index (χ0n) is 10.7. The molecule has 0 amide bonds. The smallest absolute Gasteiger partial charge is 0.0107 e. The normalized spacial score (nSPS) is 16.8. The highest BCUT2D eigenvalue weighted by Gasteiger charge is 2.09. The van der Waals surface area contributed by atoms with Crippen molar-refractivity contribution < 1.29 is 0 Å². The van der Waals surface area contributed by atoms with Gasteiger partial charge in [-0.15, -0.1) is 0 Å². The lowest BCUT2D eigenvalue weighted by Gasteiger charge is -2.16. The second kappa shape index (κ2) is 8.74. The van der Waals surface area contributed by atoms with Crippen LogP contribution in [0.3, 0.4) is 0 Å². The number of hydrogen-bond acceptors (Lipinski definition) is 2. The molecular weight excluding hydrogens is 214 g/mol. The fraction of sp³-hybridized carbons (Fsp3) is 0.714. The van der Waals surface area contributed by atoms with Crippen LogP contribution in [0, 0.1) is 5.92 Å². The molecule has 1 aliphatic heterocycles. The van der Waals surface area contributed by atoms with Crippen LogP contribution in [-0.2, 0) is 0 Å². The minimum atomic E-state index is 0.716. The Morgan fingerprint density at radius 2 is 1.94 bits per heavy atom. The third-order valence-corrected chi connectivity index (χ3v) is 4.13. The van der Waals surface area contributed by atoms with Crippen molar-refractivity contribution in [2.45, 2.75) is 58.8 Å². The van der Waals surface area contributed by atoms with Crippen molar-refractivity contribution in [1.29, 1.82) is 0 Å². The van der Waals surface area contributed by atoms with Crippen molar-refractivity contribution >= 4 is 11.8 Å². The van der Waals surface area contributed by atoms with Gasteiger partial charge in [-0.25, -0.2) is 0 Å². The Morgan fingerprint density at radius 3 is 2.62 bits per heavy atom. The predicted octanol–water partition coefficient (Wildman–Crippen LogP) is 5.02. The van der Waals surface area contributed by atoms with E-state index in [1.165, 1.54) is 49.9 Å². The summed E-state index contributed by atoms with van der Waals surface area (Å²) in [5.74, 6) is 0.716. The number of thioether (sulfide) groups is 1. The molecule has 1 nitrogen and oxygen atoms in total. The van der Waals surface area contributed by atoms with Gasteiger partial charge in [0.2, 0.25) is 0 Å². The van der Waals surface area contributed by atoms with E-state index in [2.05, 4.69) is 30.8 Å². The van der Waals surface area contributed by atoms with Gasteiger partial charge < -0.3 is 5.32 Å². The number of nitrogens with one attached hydrogen (secondary N) is 1. The molecule has 92 valence electrons. The van der Waals surface area contributed by atoms with Gasteiger partial charge in [-0.05, 0) is 17.7 Å². The molecule has 0 aromatic heterocycles. The van der Waals surface area contributed by atoms with Gasteiger partial charge in [-0.2, -0.15) is 0 Å². The highest BCUT2D eigenvalue weighted by atomic mass is 32.2. The summed E-state index contributed by atoms with van der Waals surface area (Å²) in [6.07, 6.45) is 13.9. The minimum absolute atomic E-state index is 0.716. The van der Waals surface area contributed by atoms with Crippen molar-refractivity contribution in [3.8, 4) is 0 Å². The van der Waals surface area contributed by atoms with Gasteiger partial charge in [-0.1, -0.05) is 64.1 Å². The maximum absolute atomic E-state index is 3.17. The lowest BCUT2D eigenvalue weighted by atomic mass is 10.0. The topological polar surface area (TPSA) is 12.0 Å². The molecule has 0 aromatic rings. The van der Waals surface area contributed by atoms with Crippen LogP contribution in [0.2, 0.25) is 0 Å². The Morgan fingerprint density at radius 1 is 1.19 bits per heavy atom. The minimum Gasteiger partial charge on any atom is -0.366 e. The summed E-state index contributed by atoms with van der Waals surface area (Å²) < 4.78 is 0. The molecular formula is C14H25NS. The first-order valence-electron chi connectivity index (χ1n) is 6.62. The van der Waals surface area contributed by atoms with E-state index < -0.39 is 0 Å². The Balaban J connectivity index is 2.01. The second-order valence-corrected chi connectivity index (χ2v) is 5.57. The highest BCUT2D eigenvalue weighted by molar-refractivity contribution is 8.05. The first-order chi connectivity index (χ1) is 7.84. The quantitative estimate of drug-likeness (QED) is 0.597. The van der Waals surface area contributed by atoms with Gasteiger partial charge in [0.1, 0.15) is 0 Å². The van der Waals surface area contributed by atoms with Crippen molar-refractivity contribution in [3.05, 3.63) is 22.7 Å². The Bertz CT molecular complexity index is 233. The van der Waals surface area contributed by atoms with Crippen LogP contribution in [-0.4, -0.2) is 0 Å². The zero-order valence-corrected chi connectivity index (χ0v) is 11.5. The number of unbranched alkanes of at least 4 members (excludes halogenated alkanes) is 5. The van der Waals surface area contributed by atoms with Gasteiger partial charge in [0, 0.05) is 17.3 Å². The average Bonchev–Trinajstić information content (AvgIpc) is 2.34. The molecule has 0 aromatic carbocycles. The van der Waals surface area contributed by atoms with Crippen LogP contribution in [0.4, 0.5) is 0 Å².